The van der Waals surface area contributed by atoms with Crippen LogP contribution in [-0.4, -0.2) is 60.9 Å². The minimum atomic E-state index is -0.666. The number of halogens is 1. The summed E-state index contributed by atoms with van der Waals surface area (Å²) in [7, 11) is 0. The first-order valence-electron chi connectivity index (χ1n) is 9.44. The molecule has 2 N–H and O–H groups in total. The first-order valence-corrected chi connectivity index (χ1v) is 9.44. The molecule has 1 aliphatic heterocycles. The van der Waals surface area contributed by atoms with Crippen molar-refractivity contribution in [2.24, 2.45) is 0 Å². The summed E-state index contributed by atoms with van der Waals surface area (Å²) in [6, 6.07) is 15.7. The lowest BCUT2D eigenvalue weighted by atomic mass is 10.2. The molecule has 0 saturated carbocycles. The number of rotatable bonds is 6. The Balaban J connectivity index is 1.33. The van der Waals surface area contributed by atoms with E-state index in [9.17, 15) is 14.0 Å². The molecule has 0 unspecified atom stereocenters. The molecule has 1 fully saturated rings. The number of anilines is 1. The van der Waals surface area contributed by atoms with Crippen LogP contribution in [0.2, 0.25) is 0 Å². The van der Waals surface area contributed by atoms with Gasteiger partial charge in [-0.05, 0) is 18.2 Å². The Morgan fingerprint density at radius 1 is 0.857 bits per heavy atom. The maximum atomic E-state index is 13.8. The summed E-state index contributed by atoms with van der Waals surface area (Å²) in [5, 5.41) is 5.21. The van der Waals surface area contributed by atoms with E-state index >= 15 is 0 Å². The second-order valence-corrected chi connectivity index (χ2v) is 6.79. The highest BCUT2D eigenvalue weighted by Gasteiger charge is 2.18. The van der Waals surface area contributed by atoms with Crippen LogP contribution in [0.5, 0.6) is 0 Å². The number of para-hydroxylation sites is 1. The van der Waals surface area contributed by atoms with Gasteiger partial charge in [-0.15, -0.1) is 0 Å². The Kier molecular flexibility index (Phi) is 7.11. The van der Waals surface area contributed by atoms with Crippen LogP contribution in [0, 0.1) is 5.82 Å². The average molecular weight is 384 g/mol. The van der Waals surface area contributed by atoms with Gasteiger partial charge in [0.25, 0.3) is 0 Å². The average Bonchev–Trinajstić information content (AvgIpc) is 2.71. The van der Waals surface area contributed by atoms with Crippen molar-refractivity contribution in [3.05, 3.63) is 66.0 Å². The number of piperazine rings is 1. The van der Waals surface area contributed by atoms with E-state index < -0.39 is 11.8 Å². The molecular formula is C21H25FN4O2. The first kappa shape index (κ1) is 20.0. The van der Waals surface area contributed by atoms with Gasteiger partial charge in [-0.1, -0.05) is 36.4 Å². The predicted octanol–water partition coefficient (Wildman–Crippen LogP) is 1.70. The number of nitrogens with one attached hydrogen (secondary N) is 2. The zero-order valence-corrected chi connectivity index (χ0v) is 15.7. The lowest BCUT2D eigenvalue weighted by Gasteiger charge is -2.34. The van der Waals surface area contributed by atoms with Crippen molar-refractivity contribution < 1.29 is 14.0 Å². The number of amides is 2. The van der Waals surface area contributed by atoms with Gasteiger partial charge in [-0.3, -0.25) is 19.4 Å². The highest BCUT2D eigenvalue weighted by atomic mass is 19.1. The van der Waals surface area contributed by atoms with Crippen LogP contribution in [0.3, 0.4) is 0 Å². The summed E-state index contributed by atoms with van der Waals surface area (Å²) in [5.41, 5.74) is 1.31. The second kappa shape index (κ2) is 9.96. The molecule has 0 spiro atoms. The minimum absolute atomic E-state index is 0.165. The van der Waals surface area contributed by atoms with Crippen LogP contribution in [-0.2, 0) is 16.1 Å². The number of nitrogens with zero attached hydrogens (tertiary/aromatic N) is 2. The Morgan fingerprint density at radius 2 is 1.50 bits per heavy atom. The van der Waals surface area contributed by atoms with Crippen molar-refractivity contribution in [2.45, 2.75) is 6.54 Å². The molecule has 1 aliphatic rings. The summed E-state index contributed by atoms with van der Waals surface area (Å²) < 4.78 is 13.8. The SMILES string of the molecule is O=C(NCCN1CCN(Cc2ccccc2F)CC1)C(=O)Nc1ccccc1. The Labute approximate surface area is 164 Å². The fourth-order valence-corrected chi connectivity index (χ4v) is 3.16. The summed E-state index contributed by atoms with van der Waals surface area (Å²) >= 11 is 0. The fraction of sp³-hybridized carbons (Fsp3) is 0.333. The van der Waals surface area contributed by atoms with E-state index in [4.69, 9.17) is 0 Å². The van der Waals surface area contributed by atoms with E-state index in [0.29, 0.717) is 30.9 Å². The lowest BCUT2D eigenvalue weighted by molar-refractivity contribution is -0.136. The van der Waals surface area contributed by atoms with Gasteiger partial charge in [0.05, 0.1) is 0 Å². The molecule has 0 aliphatic carbocycles. The van der Waals surface area contributed by atoms with Crippen molar-refractivity contribution in [1.82, 2.24) is 15.1 Å². The summed E-state index contributed by atoms with van der Waals surface area (Å²) in [6.45, 7) is 5.08. The monoisotopic (exact) mass is 384 g/mol. The van der Waals surface area contributed by atoms with E-state index in [0.717, 1.165) is 26.2 Å². The predicted molar refractivity (Wildman–Crippen MR) is 106 cm³/mol. The van der Waals surface area contributed by atoms with Gasteiger partial charge in [0, 0.05) is 57.1 Å². The molecule has 2 aromatic rings. The molecule has 0 atom stereocenters. The third-order valence-corrected chi connectivity index (χ3v) is 4.77. The number of hydrogen-bond donors (Lipinski definition) is 2. The standard InChI is InChI=1S/C21H25FN4O2/c22-19-9-5-4-6-17(19)16-26-14-12-25(13-15-26)11-10-23-20(27)21(28)24-18-7-2-1-3-8-18/h1-9H,10-16H2,(H,23,27)(H,24,28). The van der Waals surface area contributed by atoms with Crippen molar-refractivity contribution in [2.75, 3.05) is 44.6 Å². The molecule has 0 bridgehead atoms. The Hall–Kier alpha value is -2.77. The largest absolute Gasteiger partial charge is 0.347 e. The topological polar surface area (TPSA) is 64.7 Å². The number of hydrogen-bond acceptors (Lipinski definition) is 4. The zero-order valence-electron chi connectivity index (χ0n) is 15.7. The number of carbonyl (C=O) groups is 2. The second-order valence-electron chi connectivity index (χ2n) is 6.79. The smallest absolute Gasteiger partial charge is 0.313 e. The van der Waals surface area contributed by atoms with Crippen molar-refractivity contribution >= 4 is 17.5 Å². The highest BCUT2D eigenvalue weighted by molar-refractivity contribution is 6.39. The molecule has 3 rings (SSSR count). The molecule has 1 saturated heterocycles. The number of carbonyl (C=O) groups excluding carboxylic acids is 2. The molecule has 148 valence electrons. The molecule has 1 heterocycles. The van der Waals surface area contributed by atoms with Gasteiger partial charge in [0.15, 0.2) is 0 Å². The van der Waals surface area contributed by atoms with E-state index in [1.54, 1.807) is 30.3 Å². The van der Waals surface area contributed by atoms with Crippen LogP contribution >= 0.6 is 0 Å². The van der Waals surface area contributed by atoms with E-state index in [1.165, 1.54) is 6.07 Å². The van der Waals surface area contributed by atoms with Gasteiger partial charge < -0.3 is 10.6 Å². The summed E-state index contributed by atoms with van der Waals surface area (Å²) in [5.74, 6) is -1.47. The van der Waals surface area contributed by atoms with Crippen molar-refractivity contribution in [3.63, 3.8) is 0 Å². The molecule has 0 aromatic heterocycles. The van der Waals surface area contributed by atoms with Gasteiger partial charge in [0.1, 0.15) is 5.82 Å². The Morgan fingerprint density at radius 3 is 2.21 bits per heavy atom. The van der Waals surface area contributed by atoms with Crippen LogP contribution in [0.15, 0.2) is 54.6 Å². The van der Waals surface area contributed by atoms with Crippen LogP contribution in [0.1, 0.15) is 5.56 Å². The van der Waals surface area contributed by atoms with Gasteiger partial charge in [0.2, 0.25) is 0 Å². The van der Waals surface area contributed by atoms with Crippen LogP contribution in [0.4, 0.5) is 10.1 Å². The lowest BCUT2D eigenvalue weighted by Crippen LogP contribution is -2.48. The Bertz CT molecular complexity index is 792. The van der Waals surface area contributed by atoms with Crippen LogP contribution < -0.4 is 10.6 Å². The van der Waals surface area contributed by atoms with E-state index in [1.807, 2.05) is 18.2 Å². The van der Waals surface area contributed by atoms with Crippen molar-refractivity contribution in [1.29, 1.82) is 0 Å². The van der Waals surface area contributed by atoms with Crippen LogP contribution in [0.25, 0.3) is 0 Å². The highest BCUT2D eigenvalue weighted by Crippen LogP contribution is 2.11. The van der Waals surface area contributed by atoms with Gasteiger partial charge in [-0.25, -0.2) is 4.39 Å². The third kappa shape index (κ3) is 5.87. The molecular weight excluding hydrogens is 359 g/mol. The number of benzene rings is 2. The molecule has 6 nitrogen and oxygen atoms in total. The quantitative estimate of drug-likeness (QED) is 0.744. The van der Waals surface area contributed by atoms with E-state index in [-0.39, 0.29) is 5.82 Å². The van der Waals surface area contributed by atoms with Gasteiger partial charge in [-0.2, -0.15) is 0 Å². The first-order chi connectivity index (χ1) is 13.6. The molecule has 0 radical (unpaired) electrons. The summed E-state index contributed by atoms with van der Waals surface area (Å²) in [6.07, 6.45) is 0. The maximum Gasteiger partial charge on any atom is 0.313 e. The molecule has 2 aromatic carbocycles. The fourth-order valence-electron chi connectivity index (χ4n) is 3.16. The summed E-state index contributed by atoms with van der Waals surface area (Å²) in [4.78, 5) is 28.2. The minimum Gasteiger partial charge on any atom is -0.347 e. The van der Waals surface area contributed by atoms with Crippen molar-refractivity contribution in [3.8, 4) is 0 Å². The molecule has 7 heteroatoms. The molecule has 2 amide bonds. The zero-order chi connectivity index (χ0) is 19.8. The third-order valence-electron chi connectivity index (χ3n) is 4.77. The van der Waals surface area contributed by atoms with E-state index in [2.05, 4.69) is 20.4 Å². The molecule has 28 heavy (non-hydrogen) atoms. The maximum absolute atomic E-state index is 13.8. The van der Waals surface area contributed by atoms with Gasteiger partial charge >= 0.3 is 11.8 Å². The normalized spacial score (nSPS) is 15.2.